The van der Waals surface area contributed by atoms with Gasteiger partial charge in [-0.25, -0.2) is 9.18 Å². The van der Waals surface area contributed by atoms with Gasteiger partial charge in [0.2, 0.25) is 0 Å². The molecule has 3 nitrogen and oxygen atoms in total. The Hall–Kier alpha value is -2.14. The van der Waals surface area contributed by atoms with Crippen LogP contribution in [0.15, 0.2) is 46.9 Å². The van der Waals surface area contributed by atoms with E-state index in [9.17, 15) is 9.18 Å². The number of carboxylic acids is 1. The van der Waals surface area contributed by atoms with E-state index in [0.29, 0.717) is 17.1 Å². The minimum Gasteiger partial charge on any atom is -0.478 e. The highest BCUT2D eigenvalue weighted by Crippen LogP contribution is 2.31. The average molecular weight is 351 g/mol. The lowest BCUT2D eigenvalue weighted by Crippen LogP contribution is -1.92. The van der Waals surface area contributed by atoms with Gasteiger partial charge >= 0.3 is 5.97 Å². The van der Waals surface area contributed by atoms with Gasteiger partial charge in [0, 0.05) is 22.2 Å². The summed E-state index contributed by atoms with van der Waals surface area (Å²) in [7, 11) is 0. The molecular weight excluding hydrogens is 339 g/mol. The molecule has 0 heterocycles. The van der Waals surface area contributed by atoms with Gasteiger partial charge in [-0.3, -0.25) is 0 Å². The van der Waals surface area contributed by atoms with Crippen LogP contribution in [0.5, 0.6) is 11.5 Å². The van der Waals surface area contributed by atoms with Crippen molar-refractivity contribution in [2.75, 3.05) is 0 Å². The average Bonchev–Trinajstić information content (AvgIpc) is 2.43. The highest BCUT2D eigenvalue weighted by Gasteiger charge is 2.07. The van der Waals surface area contributed by atoms with Crippen LogP contribution >= 0.6 is 15.9 Å². The van der Waals surface area contributed by atoms with Gasteiger partial charge in [0.25, 0.3) is 0 Å². The fourth-order valence-corrected chi connectivity index (χ4v) is 2.08. The molecule has 0 amide bonds. The smallest absolute Gasteiger partial charge is 0.328 e. The second-order valence-electron chi connectivity index (χ2n) is 4.37. The molecule has 0 aromatic heterocycles. The summed E-state index contributed by atoms with van der Waals surface area (Å²) in [5.74, 6) is -0.607. The second-order valence-corrected chi connectivity index (χ2v) is 5.28. The van der Waals surface area contributed by atoms with E-state index < -0.39 is 11.8 Å². The first-order chi connectivity index (χ1) is 9.95. The Morgan fingerprint density at radius 1 is 1.24 bits per heavy atom. The summed E-state index contributed by atoms with van der Waals surface area (Å²) < 4.78 is 19.8. The van der Waals surface area contributed by atoms with Crippen LogP contribution < -0.4 is 4.74 Å². The fourth-order valence-electron chi connectivity index (χ4n) is 1.71. The molecule has 0 fully saturated rings. The lowest BCUT2D eigenvalue weighted by Gasteiger charge is -2.11. The van der Waals surface area contributed by atoms with E-state index in [2.05, 4.69) is 15.9 Å². The lowest BCUT2D eigenvalue weighted by molar-refractivity contribution is -0.131. The third-order valence-corrected chi connectivity index (χ3v) is 3.24. The van der Waals surface area contributed by atoms with Crippen molar-refractivity contribution in [3.8, 4) is 11.5 Å². The molecule has 0 spiro atoms. The summed E-state index contributed by atoms with van der Waals surface area (Å²) >= 11 is 3.32. The van der Waals surface area contributed by atoms with Crippen molar-refractivity contribution in [2.24, 2.45) is 0 Å². The molecule has 0 aliphatic heterocycles. The van der Waals surface area contributed by atoms with Gasteiger partial charge in [-0.05, 0) is 42.8 Å². The van der Waals surface area contributed by atoms with Gasteiger partial charge in [0.15, 0.2) is 0 Å². The Labute approximate surface area is 129 Å². The van der Waals surface area contributed by atoms with Crippen molar-refractivity contribution in [1.29, 1.82) is 0 Å². The maximum absolute atomic E-state index is 13.3. The summed E-state index contributed by atoms with van der Waals surface area (Å²) in [6.07, 6.45) is 2.45. The fraction of sp³-hybridized carbons (Fsp3) is 0.0625. The number of hydrogen-bond acceptors (Lipinski definition) is 2. The lowest BCUT2D eigenvalue weighted by atomic mass is 10.1. The van der Waals surface area contributed by atoms with Gasteiger partial charge < -0.3 is 9.84 Å². The first-order valence-corrected chi connectivity index (χ1v) is 6.89. The van der Waals surface area contributed by atoms with Gasteiger partial charge in [0.05, 0.1) is 0 Å². The minimum atomic E-state index is -1.05. The first-order valence-electron chi connectivity index (χ1n) is 6.10. The molecule has 0 aliphatic rings. The van der Waals surface area contributed by atoms with E-state index >= 15 is 0 Å². The van der Waals surface area contributed by atoms with Gasteiger partial charge in [0.1, 0.15) is 17.3 Å². The largest absolute Gasteiger partial charge is 0.478 e. The molecule has 108 valence electrons. The zero-order valence-electron chi connectivity index (χ0n) is 11.1. The highest BCUT2D eigenvalue weighted by molar-refractivity contribution is 9.10. The number of hydrogen-bond donors (Lipinski definition) is 1. The molecule has 2 aromatic carbocycles. The van der Waals surface area contributed by atoms with Gasteiger partial charge in [-0.1, -0.05) is 22.0 Å². The number of halogens is 2. The molecule has 2 rings (SSSR count). The Morgan fingerprint density at radius 2 is 2.00 bits per heavy atom. The van der Waals surface area contributed by atoms with E-state index in [0.717, 1.165) is 16.1 Å². The van der Waals surface area contributed by atoms with Crippen molar-refractivity contribution in [3.63, 3.8) is 0 Å². The molecule has 2 aromatic rings. The van der Waals surface area contributed by atoms with E-state index in [1.54, 1.807) is 31.2 Å². The van der Waals surface area contributed by atoms with E-state index in [-0.39, 0.29) is 0 Å². The Kier molecular flexibility index (Phi) is 4.75. The van der Waals surface area contributed by atoms with E-state index in [4.69, 9.17) is 9.84 Å². The molecule has 5 heteroatoms. The maximum atomic E-state index is 13.3. The molecule has 0 saturated heterocycles. The van der Waals surface area contributed by atoms with E-state index in [1.807, 2.05) is 0 Å². The second kappa shape index (κ2) is 6.54. The molecule has 0 unspecified atom stereocenters. The van der Waals surface area contributed by atoms with Crippen LogP contribution in [0.2, 0.25) is 0 Å². The van der Waals surface area contributed by atoms with Crippen molar-refractivity contribution in [2.45, 2.75) is 6.92 Å². The van der Waals surface area contributed by atoms with Crippen LogP contribution in [0.25, 0.3) is 6.08 Å². The highest BCUT2D eigenvalue weighted by atomic mass is 79.9. The zero-order chi connectivity index (χ0) is 15.4. The molecule has 21 heavy (non-hydrogen) atoms. The van der Waals surface area contributed by atoms with Crippen molar-refractivity contribution in [3.05, 3.63) is 63.9 Å². The number of carbonyl (C=O) groups is 1. The maximum Gasteiger partial charge on any atom is 0.328 e. The summed E-state index contributed by atoms with van der Waals surface area (Å²) in [4.78, 5) is 10.6. The summed E-state index contributed by atoms with van der Waals surface area (Å²) in [5, 5.41) is 8.72. The Morgan fingerprint density at radius 3 is 2.71 bits per heavy atom. The number of carboxylic acid groups (broad SMARTS) is 1. The number of ether oxygens (including phenoxy) is 1. The SMILES string of the molecule is Cc1ccc(F)cc1Oc1ccc(Br)cc1/C=C/C(=O)O. The van der Waals surface area contributed by atoms with Crippen LogP contribution in [0.4, 0.5) is 4.39 Å². The third kappa shape index (κ3) is 4.16. The van der Waals surface area contributed by atoms with Crippen LogP contribution in [-0.2, 0) is 4.79 Å². The number of aliphatic carboxylic acids is 1. The van der Waals surface area contributed by atoms with Crippen molar-refractivity contribution in [1.82, 2.24) is 0 Å². The predicted molar refractivity (Wildman–Crippen MR) is 82.0 cm³/mol. The topological polar surface area (TPSA) is 46.5 Å². The standard InChI is InChI=1S/C16H12BrFO3/c1-10-2-5-13(18)9-15(10)21-14-6-4-12(17)8-11(14)3-7-16(19)20/h2-9H,1H3,(H,19,20)/b7-3+. The first kappa shape index (κ1) is 15.3. The van der Waals surface area contributed by atoms with Gasteiger partial charge in [-0.15, -0.1) is 0 Å². The van der Waals surface area contributed by atoms with Crippen LogP contribution in [0, 0.1) is 12.7 Å². The van der Waals surface area contributed by atoms with Crippen LogP contribution in [0.1, 0.15) is 11.1 Å². The minimum absolute atomic E-state index is 0.391. The molecule has 0 atom stereocenters. The quantitative estimate of drug-likeness (QED) is 0.806. The Balaban J connectivity index is 2.39. The van der Waals surface area contributed by atoms with Crippen LogP contribution in [-0.4, -0.2) is 11.1 Å². The Bertz CT molecular complexity index is 711. The summed E-state index contributed by atoms with van der Waals surface area (Å²) in [5.41, 5.74) is 1.36. The molecule has 0 radical (unpaired) electrons. The normalized spacial score (nSPS) is 10.8. The molecular formula is C16H12BrFO3. The molecule has 0 aliphatic carbocycles. The molecule has 1 N–H and O–H groups in total. The van der Waals surface area contributed by atoms with Gasteiger partial charge in [-0.2, -0.15) is 0 Å². The van der Waals surface area contributed by atoms with Crippen molar-refractivity contribution >= 4 is 28.0 Å². The molecule has 0 bridgehead atoms. The van der Waals surface area contributed by atoms with E-state index in [1.165, 1.54) is 18.2 Å². The summed E-state index contributed by atoms with van der Waals surface area (Å²) in [6, 6.07) is 9.45. The summed E-state index contributed by atoms with van der Waals surface area (Å²) in [6.45, 7) is 1.81. The number of benzene rings is 2. The predicted octanol–water partition coefficient (Wildman–Crippen LogP) is 4.79. The van der Waals surface area contributed by atoms with Crippen LogP contribution in [0.3, 0.4) is 0 Å². The number of rotatable bonds is 4. The van der Waals surface area contributed by atoms with Crippen molar-refractivity contribution < 1.29 is 19.0 Å². The number of aryl methyl sites for hydroxylation is 1. The zero-order valence-corrected chi connectivity index (χ0v) is 12.7. The monoisotopic (exact) mass is 350 g/mol. The third-order valence-electron chi connectivity index (χ3n) is 2.75. The molecule has 0 saturated carbocycles.